The number of hydrogen-bond donors (Lipinski definition) is 1. The second kappa shape index (κ2) is 6.66. The number of amides is 1. The van der Waals surface area contributed by atoms with Crippen molar-refractivity contribution in [1.82, 2.24) is 4.98 Å². The zero-order valence-electron chi connectivity index (χ0n) is 13.4. The number of carbonyl (C=O) groups excluding carboxylic acids is 1. The van der Waals surface area contributed by atoms with Gasteiger partial charge in [-0.25, -0.2) is 4.98 Å². The molecule has 1 aromatic carbocycles. The summed E-state index contributed by atoms with van der Waals surface area (Å²) in [5, 5.41) is 13.9. The number of nitrogens with zero attached hydrogens (tertiary/aromatic N) is 3. The fourth-order valence-electron chi connectivity index (χ4n) is 2.75. The van der Waals surface area contributed by atoms with Crippen LogP contribution in [0.1, 0.15) is 24.0 Å². The number of carbonyl (C=O) groups is 1. The lowest BCUT2D eigenvalue weighted by Gasteiger charge is -2.16. The first-order valence-corrected chi connectivity index (χ1v) is 7.79. The van der Waals surface area contributed by atoms with E-state index in [4.69, 9.17) is 0 Å². The van der Waals surface area contributed by atoms with Gasteiger partial charge in [0.25, 0.3) is 5.69 Å². The number of nitro groups is 1. The van der Waals surface area contributed by atoms with E-state index < -0.39 is 4.92 Å². The van der Waals surface area contributed by atoms with Crippen LogP contribution >= 0.6 is 0 Å². The summed E-state index contributed by atoms with van der Waals surface area (Å²) in [5.41, 5.74) is 2.68. The second-order valence-electron chi connectivity index (χ2n) is 5.79. The first-order valence-electron chi connectivity index (χ1n) is 7.79. The molecule has 1 N–H and O–H groups in total. The summed E-state index contributed by atoms with van der Waals surface area (Å²) < 4.78 is 0. The minimum Gasteiger partial charge on any atom is -0.366 e. The Labute approximate surface area is 139 Å². The van der Waals surface area contributed by atoms with Crippen molar-refractivity contribution in [2.45, 2.75) is 26.3 Å². The minimum absolute atomic E-state index is 0.0160. The summed E-state index contributed by atoms with van der Waals surface area (Å²) in [6.07, 6.45) is 2.78. The molecule has 0 aliphatic carbocycles. The molecular formula is C17H18N4O3. The minimum atomic E-state index is -0.456. The molecule has 124 valence electrons. The van der Waals surface area contributed by atoms with Gasteiger partial charge in [0.15, 0.2) is 0 Å². The lowest BCUT2D eigenvalue weighted by molar-refractivity contribution is -0.385. The van der Waals surface area contributed by atoms with Gasteiger partial charge in [-0.3, -0.25) is 14.9 Å². The van der Waals surface area contributed by atoms with Gasteiger partial charge in [0, 0.05) is 31.3 Å². The van der Waals surface area contributed by atoms with Crippen LogP contribution in [0.4, 0.5) is 17.2 Å². The topological polar surface area (TPSA) is 88.4 Å². The molecule has 0 bridgehead atoms. The number of aryl methyl sites for hydroxylation is 1. The Morgan fingerprint density at radius 1 is 1.33 bits per heavy atom. The number of aromatic nitrogens is 1. The van der Waals surface area contributed by atoms with E-state index in [1.165, 1.54) is 12.3 Å². The molecule has 24 heavy (non-hydrogen) atoms. The van der Waals surface area contributed by atoms with Gasteiger partial charge in [0.05, 0.1) is 4.92 Å². The quantitative estimate of drug-likeness (QED) is 0.674. The molecule has 1 amide bonds. The summed E-state index contributed by atoms with van der Waals surface area (Å²) in [4.78, 5) is 27.9. The maximum absolute atomic E-state index is 11.7. The molecule has 2 aromatic rings. The molecule has 7 heteroatoms. The van der Waals surface area contributed by atoms with Gasteiger partial charge in [0.1, 0.15) is 12.0 Å². The summed E-state index contributed by atoms with van der Waals surface area (Å²) >= 11 is 0. The lowest BCUT2D eigenvalue weighted by atomic mass is 10.2. The zero-order valence-corrected chi connectivity index (χ0v) is 13.4. The normalized spacial score (nSPS) is 14.0. The highest BCUT2D eigenvalue weighted by Crippen LogP contribution is 2.22. The smallest absolute Gasteiger partial charge is 0.287 e. The SMILES string of the molecule is Cc1cc([N+](=O)[O-])cnc1NCc1ccc(N2CCCC2=O)cc1. The van der Waals surface area contributed by atoms with E-state index in [-0.39, 0.29) is 11.6 Å². The average molecular weight is 326 g/mol. The fourth-order valence-corrected chi connectivity index (χ4v) is 2.75. The number of benzene rings is 1. The van der Waals surface area contributed by atoms with Crippen LogP contribution in [-0.4, -0.2) is 22.4 Å². The van der Waals surface area contributed by atoms with Crippen molar-refractivity contribution >= 4 is 23.1 Å². The number of nitrogens with one attached hydrogen (secondary N) is 1. The van der Waals surface area contributed by atoms with E-state index in [2.05, 4.69) is 10.3 Å². The van der Waals surface area contributed by atoms with E-state index >= 15 is 0 Å². The first-order chi connectivity index (χ1) is 11.5. The largest absolute Gasteiger partial charge is 0.366 e. The van der Waals surface area contributed by atoms with Crippen LogP contribution in [0.15, 0.2) is 36.5 Å². The highest BCUT2D eigenvalue weighted by atomic mass is 16.6. The van der Waals surface area contributed by atoms with Crippen LogP contribution in [0, 0.1) is 17.0 Å². The van der Waals surface area contributed by atoms with Gasteiger partial charge < -0.3 is 10.2 Å². The molecule has 0 unspecified atom stereocenters. The molecule has 2 heterocycles. The monoisotopic (exact) mass is 326 g/mol. The van der Waals surface area contributed by atoms with Crippen molar-refractivity contribution in [1.29, 1.82) is 0 Å². The van der Waals surface area contributed by atoms with E-state index in [9.17, 15) is 14.9 Å². The van der Waals surface area contributed by atoms with Crippen LogP contribution in [-0.2, 0) is 11.3 Å². The molecular weight excluding hydrogens is 308 g/mol. The summed E-state index contributed by atoms with van der Waals surface area (Å²) in [6.45, 7) is 3.12. The number of pyridine rings is 1. The molecule has 7 nitrogen and oxygen atoms in total. The third-order valence-corrected chi connectivity index (χ3v) is 4.06. The molecule has 1 fully saturated rings. The van der Waals surface area contributed by atoms with Crippen LogP contribution in [0.5, 0.6) is 0 Å². The molecule has 0 atom stereocenters. The lowest BCUT2D eigenvalue weighted by Crippen LogP contribution is -2.23. The molecule has 0 spiro atoms. The summed E-state index contributed by atoms with van der Waals surface area (Å²) in [5.74, 6) is 0.797. The molecule has 3 rings (SSSR count). The number of anilines is 2. The highest BCUT2D eigenvalue weighted by Gasteiger charge is 2.21. The fraction of sp³-hybridized carbons (Fsp3) is 0.294. The molecule has 0 radical (unpaired) electrons. The van der Waals surface area contributed by atoms with Crippen LogP contribution < -0.4 is 10.2 Å². The van der Waals surface area contributed by atoms with Gasteiger partial charge >= 0.3 is 0 Å². The molecule has 0 saturated carbocycles. The van der Waals surface area contributed by atoms with E-state index in [1.807, 2.05) is 24.3 Å². The van der Waals surface area contributed by atoms with Crippen molar-refractivity contribution in [2.24, 2.45) is 0 Å². The first kappa shape index (κ1) is 15.9. The maximum Gasteiger partial charge on any atom is 0.287 e. The van der Waals surface area contributed by atoms with Crippen LogP contribution in [0.2, 0.25) is 0 Å². The number of hydrogen-bond acceptors (Lipinski definition) is 5. The van der Waals surface area contributed by atoms with Gasteiger partial charge in [-0.15, -0.1) is 0 Å². The zero-order chi connectivity index (χ0) is 17.1. The summed E-state index contributed by atoms with van der Waals surface area (Å²) in [7, 11) is 0. The van der Waals surface area contributed by atoms with Crippen molar-refractivity contribution in [3.05, 3.63) is 57.8 Å². The maximum atomic E-state index is 11.7. The Bertz CT molecular complexity index is 774. The van der Waals surface area contributed by atoms with E-state index in [0.717, 1.165) is 29.8 Å². The van der Waals surface area contributed by atoms with Crippen molar-refractivity contribution < 1.29 is 9.72 Å². The predicted octanol–water partition coefficient (Wildman–Crippen LogP) is 3.04. The highest BCUT2D eigenvalue weighted by molar-refractivity contribution is 5.95. The van der Waals surface area contributed by atoms with Crippen molar-refractivity contribution in [2.75, 3.05) is 16.8 Å². The third kappa shape index (κ3) is 3.34. The Morgan fingerprint density at radius 3 is 2.67 bits per heavy atom. The standard InChI is InChI=1S/C17H18N4O3/c1-12-9-15(21(23)24)11-19-17(12)18-10-13-4-6-14(7-5-13)20-8-2-3-16(20)22/h4-7,9,11H,2-3,8,10H2,1H3,(H,18,19). The van der Waals surface area contributed by atoms with E-state index in [1.54, 1.807) is 11.8 Å². The molecule has 1 saturated heterocycles. The third-order valence-electron chi connectivity index (χ3n) is 4.06. The Balaban J connectivity index is 1.64. The molecule has 1 aromatic heterocycles. The molecule has 1 aliphatic heterocycles. The molecule has 1 aliphatic rings. The van der Waals surface area contributed by atoms with E-state index in [0.29, 0.717) is 18.8 Å². The van der Waals surface area contributed by atoms with Crippen molar-refractivity contribution in [3.8, 4) is 0 Å². The van der Waals surface area contributed by atoms with Gasteiger partial charge in [0.2, 0.25) is 5.91 Å². The number of rotatable bonds is 5. The van der Waals surface area contributed by atoms with Gasteiger partial charge in [-0.1, -0.05) is 12.1 Å². The van der Waals surface area contributed by atoms with Gasteiger partial charge in [-0.05, 0) is 36.6 Å². The Kier molecular flexibility index (Phi) is 4.41. The summed E-state index contributed by atoms with van der Waals surface area (Å²) in [6, 6.07) is 9.31. The van der Waals surface area contributed by atoms with Gasteiger partial charge in [-0.2, -0.15) is 0 Å². The average Bonchev–Trinajstić information content (AvgIpc) is 3.00. The Hall–Kier alpha value is -2.96. The van der Waals surface area contributed by atoms with Crippen LogP contribution in [0.3, 0.4) is 0 Å². The van der Waals surface area contributed by atoms with Crippen LogP contribution in [0.25, 0.3) is 0 Å². The van der Waals surface area contributed by atoms with Crippen molar-refractivity contribution in [3.63, 3.8) is 0 Å². The Morgan fingerprint density at radius 2 is 2.08 bits per heavy atom. The predicted molar refractivity (Wildman–Crippen MR) is 91.0 cm³/mol. The second-order valence-corrected chi connectivity index (χ2v) is 5.79.